The second kappa shape index (κ2) is 7.44. The van der Waals surface area contributed by atoms with Gasteiger partial charge in [-0.2, -0.15) is 4.98 Å². The van der Waals surface area contributed by atoms with Crippen molar-refractivity contribution in [2.45, 2.75) is 19.0 Å². The molecule has 24 heavy (non-hydrogen) atoms. The van der Waals surface area contributed by atoms with Gasteiger partial charge in [0.05, 0.1) is 0 Å². The van der Waals surface area contributed by atoms with E-state index in [0.29, 0.717) is 6.04 Å². The number of likely N-dealkylation sites (tertiary alicyclic amines) is 1. The molecule has 0 aromatic carbocycles. The lowest BCUT2D eigenvalue weighted by Gasteiger charge is -2.25. The quantitative estimate of drug-likeness (QED) is 0.780. The molecule has 0 saturated carbocycles. The van der Waals surface area contributed by atoms with Gasteiger partial charge in [0.1, 0.15) is 5.82 Å². The van der Waals surface area contributed by atoms with Crippen LogP contribution in [0.15, 0.2) is 35.2 Å². The number of aromatic nitrogens is 3. The van der Waals surface area contributed by atoms with Gasteiger partial charge in [-0.1, -0.05) is 0 Å². The zero-order valence-electron chi connectivity index (χ0n) is 14.4. The largest absolute Gasteiger partial charge is 0.363 e. The first-order chi connectivity index (χ1) is 11.5. The Morgan fingerprint density at radius 3 is 2.88 bits per heavy atom. The molecule has 128 valence electrons. The third-order valence-electron chi connectivity index (χ3n) is 4.36. The van der Waals surface area contributed by atoms with E-state index in [0.717, 1.165) is 42.3 Å². The molecule has 0 radical (unpaired) electrons. The summed E-state index contributed by atoms with van der Waals surface area (Å²) in [6, 6.07) is 4.49. The fraction of sp³-hybridized carbons (Fsp3) is 0.471. The minimum Gasteiger partial charge on any atom is -0.363 e. The Kier molecular flexibility index (Phi) is 5.30. The highest BCUT2D eigenvalue weighted by atomic mass is 79.9. The molecule has 2 aromatic rings. The zero-order valence-corrected chi connectivity index (χ0v) is 15.9. The molecule has 1 unspecified atom stereocenters. The van der Waals surface area contributed by atoms with Gasteiger partial charge in [-0.3, -0.25) is 9.88 Å². The number of halogens is 1. The van der Waals surface area contributed by atoms with Gasteiger partial charge in [-0.05, 0) is 40.0 Å². The van der Waals surface area contributed by atoms with Gasteiger partial charge < -0.3 is 9.80 Å². The standard InChI is InChI=1S/C17H23BrN6/c1-22(2)16-4-6-20-17(21-16)23(3)15-5-7-24(12-15)11-13-8-14(18)10-19-9-13/h4,6,8-10,15H,5,7,11-12H2,1-3H3. The molecule has 0 aliphatic carbocycles. The Hall–Kier alpha value is -1.73. The Labute approximate surface area is 151 Å². The average Bonchev–Trinajstić information content (AvgIpc) is 3.02. The summed E-state index contributed by atoms with van der Waals surface area (Å²) in [5.41, 5.74) is 1.23. The molecular weight excluding hydrogens is 368 g/mol. The molecule has 1 aliphatic rings. The van der Waals surface area contributed by atoms with Crippen molar-refractivity contribution < 1.29 is 0 Å². The van der Waals surface area contributed by atoms with Crippen LogP contribution in [0.1, 0.15) is 12.0 Å². The predicted octanol–water partition coefficient (Wildman–Crippen LogP) is 2.41. The van der Waals surface area contributed by atoms with Crippen LogP contribution in [0, 0.1) is 0 Å². The molecule has 1 aliphatic heterocycles. The number of nitrogens with zero attached hydrogens (tertiary/aromatic N) is 6. The lowest BCUT2D eigenvalue weighted by molar-refractivity contribution is 0.325. The van der Waals surface area contributed by atoms with Crippen LogP contribution < -0.4 is 9.80 Å². The highest BCUT2D eigenvalue weighted by molar-refractivity contribution is 9.10. The molecule has 3 heterocycles. The molecule has 1 saturated heterocycles. The molecule has 2 aromatic heterocycles. The van der Waals surface area contributed by atoms with Crippen LogP contribution >= 0.6 is 15.9 Å². The molecule has 0 bridgehead atoms. The highest BCUT2D eigenvalue weighted by Gasteiger charge is 2.27. The summed E-state index contributed by atoms with van der Waals surface area (Å²) in [6.07, 6.45) is 6.70. The smallest absolute Gasteiger partial charge is 0.227 e. The molecule has 3 rings (SSSR count). The molecule has 7 heteroatoms. The van der Waals surface area contributed by atoms with Crippen LogP contribution in [0.5, 0.6) is 0 Å². The van der Waals surface area contributed by atoms with Gasteiger partial charge in [0.25, 0.3) is 0 Å². The van der Waals surface area contributed by atoms with Gasteiger partial charge in [0.2, 0.25) is 5.95 Å². The van der Waals surface area contributed by atoms with Gasteiger partial charge >= 0.3 is 0 Å². The van der Waals surface area contributed by atoms with E-state index in [-0.39, 0.29) is 0 Å². The summed E-state index contributed by atoms with van der Waals surface area (Å²) in [7, 11) is 6.08. The van der Waals surface area contributed by atoms with Gasteiger partial charge in [0.15, 0.2) is 0 Å². The van der Waals surface area contributed by atoms with Crippen molar-refractivity contribution in [2.24, 2.45) is 0 Å². The van der Waals surface area contributed by atoms with E-state index in [2.05, 4.69) is 53.8 Å². The highest BCUT2D eigenvalue weighted by Crippen LogP contribution is 2.22. The van der Waals surface area contributed by atoms with Gasteiger partial charge in [0, 0.05) is 69.9 Å². The van der Waals surface area contributed by atoms with Crippen LogP contribution in [0.2, 0.25) is 0 Å². The van der Waals surface area contributed by atoms with Gasteiger partial charge in [-0.15, -0.1) is 0 Å². The topological polar surface area (TPSA) is 48.4 Å². The van der Waals surface area contributed by atoms with Gasteiger partial charge in [-0.25, -0.2) is 4.98 Å². The average molecular weight is 391 g/mol. The predicted molar refractivity (Wildman–Crippen MR) is 100 cm³/mol. The summed E-state index contributed by atoms with van der Waals surface area (Å²) >= 11 is 3.49. The van der Waals surface area contributed by atoms with Crippen molar-refractivity contribution in [3.63, 3.8) is 0 Å². The number of anilines is 2. The van der Waals surface area contributed by atoms with Crippen LogP contribution in [-0.4, -0.2) is 60.1 Å². The van der Waals surface area contributed by atoms with Crippen LogP contribution in [0.25, 0.3) is 0 Å². The number of rotatable bonds is 5. The lowest BCUT2D eigenvalue weighted by atomic mass is 10.2. The molecule has 0 spiro atoms. The number of hydrogen-bond acceptors (Lipinski definition) is 6. The summed E-state index contributed by atoms with van der Waals surface area (Å²) in [5.74, 6) is 1.72. The number of hydrogen-bond donors (Lipinski definition) is 0. The van der Waals surface area contributed by atoms with E-state index in [4.69, 9.17) is 0 Å². The monoisotopic (exact) mass is 390 g/mol. The summed E-state index contributed by atoms with van der Waals surface area (Å²) in [6.45, 7) is 3.02. The maximum atomic E-state index is 4.64. The summed E-state index contributed by atoms with van der Waals surface area (Å²) in [4.78, 5) is 20.0. The molecule has 0 N–H and O–H groups in total. The third kappa shape index (κ3) is 4.02. The first-order valence-corrected chi connectivity index (χ1v) is 8.87. The van der Waals surface area contributed by atoms with E-state index in [1.807, 2.05) is 43.7 Å². The van der Waals surface area contributed by atoms with Crippen molar-refractivity contribution in [3.05, 3.63) is 40.8 Å². The van der Waals surface area contributed by atoms with E-state index < -0.39 is 0 Å². The number of likely N-dealkylation sites (N-methyl/N-ethyl adjacent to an activating group) is 1. The Morgan fingerprint density at radius 1 is 1.29 bits per heavy atom. The maximum absolute atomic E-state index is 4.64. The van der Waals surface area contributed by atoms with Crippen molar-refractivity contribution in [1.82, 2.24) is 19.9 Å². The fourth-order valence-electron chi connectivity index (χ4n) is 2.99. The molecule has 6 nitrogen and oxygen atoms in total. The van der Waals surface area contributed by atoms with E-state index in [9.17, 15) is 0 Å². The third-order valence-corrected chi connectivity index (χ3v) is 4.80. The van der Waals surface area contributed by atoms with E-state index >= 15 is 0 Å². The second-order valence-corrected chi connectivity index (χ2v) is 7.32. The maximum Gasteiger partial charge on any atom is 0.227 e. The first-order valence-electron chi connectivity index (χ1n) is 8.08. The Bertz CT molecular complexity index is 692. The normalized spacial score (nSPS) is 17.9. The van der Waals surface area contributed by atoms with Crippen molar-refractivity contribution >= 4 is 27.7 Å². The second-order valence-electron chi connectivity index (χ2n) is 6.41. The summed E-state index contributed by atoms with van der Waals surface area (Å²) < 4.78 is 1.03. The molecule has 1 fully saturated rings. The number of pyridine rings is 1. The molecule has 1 atom stereocenters. The van der Waals surface area contributed by atoms with E-state index in [1.54, 1.807) is 0 Å². The van der Waals surface area contributed by atoms with Crippen molar-refractivity contribution in [3.8, 4) is 0 Å². The van der Waals surface area contributed by atoms with Crippen LogP contribution in [0.3, 0.4) is 0 Å². The fourth-order valence-corrected chi connectivity index (χ4v) is 3.41. The minimum atomic E-state index is 0.433. The Morgan fingerprint density at radius 2 is 2.12 bits per heavy atom. The summed E-state index contributed by atoms with van der Waals surface area (Å²) in [5, 5.41) is 0. The van der Waals surface area contributed by atoms with E-state index in [1.165, 1.54) is 5.56 Å². The minimum absolute atomic E-state index is 0.433. The Balaban J connectivity index is 1.63. The SMILES string of the molecule is CN(C)c1ccnc(N(C)C2CCN(Cc3cncc(Br)c3)C2)n1. The first kappa shape index (κ1) is 17.1. The van der Waals surface area contributed by atoms with Crippen LogP contribution in [0.4, 0.5) is 11.8 Å². The molecular formula is C17H23BrN6. The zero-order chi connectivity index (χ0) is 17.1. The lowest BCUT2D eigenvalue weighted by Crippen LogP contribution is -2.35. The van der Waals surface area contributed by atoms with Crippen LogP contribution in [-0.2, 0) is 6.54 Å². The van der Waals surface area contributed by atoms with Crippen molar-refractivity contribution in [2.75, 3.05) is 44.0 Å². The van der Waals surface area contributed by atoms with Crippen molar-refractivity contribution in [1.29, 1.82) is 0 Å². The molecule has 0 amide bonds.